The van der Waals surface area contributed by atoms with Gasteiger partial charge in [-0.25, -0.2) is 12.8 Å². The molecule has 1 fully saturated rings. The molecule has 2 aromatic carbocycles. The summed E-state index contributed by atoms with van der Waals surface area (Å²) in [5.41, 5.74) is 0.0554. The number of hydrogen-bond donors (Lipinski definition) is 1. The van der Waals surface area contributed by atoms with Gasteiger partial charge in [-0.2, -0.15) is 0 Å². The molecule has 2 heterocycles. The summed E-state index contributed by atoms with van der Waals surface area (Å²) < 4.78 is 45.1. The molecule has 12 nitrogen and oxygen atoms in total. The summed E-state index contributed by atoms with van der Waals surface area (Å²) in [6, 6.07) is 11.6. The molecule has 0 aliphatic carbocycles. The summed E-state index contributed by atoms with van der Waals surface area (Å²) in [6.45, 7) is 0.0290. The second kappa shape index (κ2) is 10.8. The maximum Gasteiger partial charge on any atom is 0.288 e. The molecule has 1 aliphatic rings. The van der Waals surface area contributed by atoms with Crippen LogP contribution in [0.4, 0.5) is 10.1 Å². The van der Waals surface area contributed by atoms with Crippen molar-refractivity contribution in [2.24, 2.45) is 0 Å². The van der Waals surface area contributed by atoms with E-state index in [2.05, 4.69) is 5.32 Å². The van der Waals surface area contributed by atoms with Crippen LogP contribution in [0.5, 0.6) is 0 Å². The number of benzene rings is 2. The molecule has 3 aromatic rings. The van der Waals surface area contributed by atoms with Gasteiger partial charge < -0.3 is 19.5 Å². The van der Waals surface area contributed by atoms with Gasteiger partial charge in [0.05, 0.1) is 16.1 Å². The van der Waals surface area contributed by atoms with E-state index in [-0.39, 0.29) is 48.1 Å². The van der Waals surface area contributed by atoms with Gasteiger partial charge in [0.1, 0.15) is 5.82 Å². The number of nitrogens with one attached hydrogen (secondary N) is 1. The quantitative estimate of drug-likeness (QED) is 0.268. The zero-order chi connectivity index (χ0) is 27.4. The van der Waals surface area contributed by atoms with E-state index in [0.717, 1.165) is 24.3 Å². The Morgan fingerprint density at radius 1 is 0.947 bits per heavy atom. The highest BCUT2D eigenvalue weighted by Gasteiger charge is 2.40. The smallest absolute Gasteiger partial charge is 0.288 e. The maximum atomic E-state index is 13.4. The second-order valence-corrected chi connectivity index (χ2v) is 10.3. The van der Waals surface area contributed by atoms with Crippen LogP contribution in [0.1, 0.15) is 20.9 Å². The lowest BCUT2D eigenvalue weighted by atomic mass is 10.1. The molecule has 0 saturated carbocycles. The van der Waals surface area contributed by atoms with Gasteiger partial charge >= 0.3 is 0 Å². The fourth-order valence-corrected chi connectivity index (χ4v) is 5.30. The molecular weight excluding hydrogens is 523 g/mol. The average molecular weight is 545 g/mol. The average Bonchev–Trinajstić information content (AvgIpc) is 3.46. The molecule has 38 heavy (non-hydrogen) atoms. The van der Waals surface area contributed by atoms with Gasteiger partial charge in [0.2, 0.25) is 15.2 Å². The van der Waals surface area contributed by atoms with Crippen LogP contribution in [-0.2, 0) is 14.6 Å². The van der Waals surface area contributed by atoms with Crippen LogP contribution in [-0.4, -0.2) is 72.4 Å². The number of rotatable bonds is 7. The first-order chi connectivity index (χ1) is 18.1. The first-order valence-electron chi connectivity index (χ1n) is 11.2. The number of nitro groups is 1. The summed E-state index contributed by atoms with van der Waals surface area (Å²) in [7, 11) is -4.50. The number of nitro benzene ring substituents is 1. The Labute approximate surface area is 215 Å². The summed E-state index contributed by atoms with van der Waals surface area (Å²) in [4.78, 5) is 51.3. The van der Waals surface area contributed by atoms with Gasteiger partial charge in [0.15, 0.2) is 5.76 Å². The van der Waals surface area contributed by atoms with Crippen LogP contribution < -0.4 is 5.32 Å². The first kappa shape index (κ1) is 26.5. The summed E-state index contributed by atoms with van der Waals surface area (Å²) >= 11 is 0. The molecule has 0 radical (unpaired) electrons. The number of hydrogen-bond acceptors (Lipinski definition) is 8. The fourth-order valence-electron chi connectivity index (χ4n) is 3.83. The number of halogens is 1. The summed E-state index contributed by atoms with van der Waals surface area (Å²) in [5, 5.41) is 11.0. The lowest BCUT2D eigenvalue weighted by molar-refractivity contribution is -0.384. The van der Waals surface area contributed by atoms with E-state index in [4.69, 9.17) is 4.42 Å². The van der Waals surface area contributed by atoms with Crippen LogP contribution >= 0.6 is 0 Å². The van der Waals surface area contributed by atoms with Crippen molar-refractivity contribution in [1.29, 1.82) is 0 Å². The van der Waals surface area contributed by atoms with Crippen molar-refractivity contribution in [2.75, 3.05) is 26.2 Å². The monoisotopic (exact) mass is 544 g/mol. The Kier molecular flexibility index (Phi) is 7.52. The molecule has 4 rings (SSSR count). The fraction of sp³-hybridized carbons (Fsp3) is 0.208. The van der Waals surface area contributed by atoms with Gasteiger partial charge in [-0.05, 0) is 48.5 Å². The topological polar surface area (TPSA) is 160 Å². The predicted molar refractivity (Wildman–Crippen MR) is 129 cm³/mol. The van der Waals surface area contributed by atoms with E-state index < -0.39 is 43.7 Å². The Hall–Kier alpha value is -4.59. The molecule has 198 valence electrons. The molecule has 0 bridgehead atoms. The van der Waals surface area contributed by atoms with E-state index in [0.29, 0.717) is 0 Å². The Bertz CT molecular complexity index is 1450. The molecule has 1 atom stereocenters. The standard InChI is InChI=1S/C24H21FN4O8S/c25-17-5-9-19(10-6-17)38(35,36)22(26-21(30)20-2-1-15-37-20)24(32)28-13-11-27(12-14-28)23(31)16-3-7-18(8-4-16)29(33)34/h1-10,15,22H,11-14H2,(H,26,30)/t22-/m1/s1. The van der Waals surface area contributed by atoms with Crippen molar-refractivity contribution >= 4 is 33.2 Å². The molecule has 0 unspecified atom stereocenters. The van der Waals surface area contributed by atoms with Gasteiger partial charge in [0.25, 0.3) is 23.4 Å². The SMILES string of the molecule is O=C(N[C@@H](C(=O)N1CCN(C(=O)c2ccc([N+](=O)[O-])cc2)CC1)S(=O)(=O)c1ccc(F)cc1)c1ccco1. The summed E-state index contributed by atoms with van der Waals surface area (Å²) in [6.07, 6.45) is 1.21. The van der Waals surface area contributed by atoms with Crippen molar-refractivity contribution < 1.29 is 36.5 Å². The predicted octanol–water partition coefficient (Wildman–Crippen LogP) is 1.84. The lowest BCUT2D eigenvalue weighted by Crippen LogP contribution is -2.57. The second-order valence-electron chi connectivity index (χ2n) is 8.25. The highest BCUT2D eigenvalue weighted by atomic mass is 32.2. The molecule has 1 N–H and O–H groups in total. The van der Waals surface area contributed by atoms with Crippen molar-refractivity contribution in [3.8, 4) is 0 Å². The summed E-state index contributed by atoms with van der Waals surface area (Å²) in [5.74, 6) is -3.17. The Morgan fingerprint density at radius 3 is 2.11 bits per heavy atom. The van der Waals surface area contributed by atoms with Crippen LogP contribution in [0, 0.1) is 15.9 Å². The number of carbonyl (C=O) groups is 3. The van der Waals surface area contributed by atoms with Crippen LogP contribution in [0.25, 0.3) is 0 Å². The molecule has 1 aliphatic heterocycles. The first-order valence-corrected chi connectivity index (χ1v) is 12.8. The highest BCUT2D eigenvalue weighted by molar-refractivity contribution is 7.92. The Balaban J connectivity index is 1.51. The number of piperazine rings is 1. The number of amides is 3. The number of furan rings is 1. The van der Waals surface area contributed by atoms with E-state index in [1.807, 2.05) is 0 Å². The van der Waals surface area contributed by atoms with E-state index in [1.54, 1.807) is 0 Å². The molecule has 3 amide bonds. The highest BCUT2D eigenvalue weighted by Crippen LogP contribution is 2.20. The number of non-ortho nitro benzene ring substituents is 1. The third kappa shape index (κ3) is 5.54. The van der Waals surface area contributed by atoms with E-state index in [9.17, 15) is 37.3 Å². The zero-order valence-corrected chi connectivity index (χ0v) is 20.5. The lowest BCUT2D eigenvalue weighted by Gasteiger charge is -2.36. The van der Waals surface area contributed by atoms with Crippen LogP contribution in [0.15, 0.2) is 76.2 Å². The molecule has 1 saturated heterocycles. The zero-order valence-electron chi connectivity index (χ0n) is 19.7. The van der Waals surface area contributed by atoms with Crippen molar-refractivity contribution in [2.45, 2.75) is 10.3 Å². The molecular formula is C24H21FN4O8S. The third-order valence-electron chi connectivity index (χ3n) is 5.89. The maximum absolute atomic E-state index is 13.4. The van der Waals surface area contributed by atoms with Gasteiger partial charge in [-0.3, -0.25) is 24.5 Å². The van der Waals surface area contributed by atoms with Crippen LogP contribution in [0.3, 0.4) is 0 Å². The minimum absolute atomic E-state index is 0.0381. The van der Waals surface area contributed by atoms with Crippen molar-refractivity contribution in [3.63, 3.8) is 0 Å². The minimum Gasteiger partial charge on any atom is -0.459 e. The largest absolute Gasteiger partial charge is 0.459 e. The van der Waals surface area contributed by atoms with Gasteiger partial charge in [-0.15, -0.1) is 0 Å². The van der Waals surface area contributed by atoms with E-state index >= 15 is 0 Å². The molecule has 1 aromatic heterocycles. The number of carbonyl (C=O) groups excluding carboxylic acids is 3. The van der Waals surface area contributed by atoms with E-state index in [1.165, 1.54) is 52.5 Å². The number of sulfone groups is 1. The Morgan fingerprint density at radius 2 is 1.55 bits per heavy atom. The van der Waals surface area contributed by atoms with Gasteiger partial charge in [-0.1, -0.05) is 0 Å². The minimum atomic E-state index is -4.50. The normalized spacial score (nSPS) is 14.6. The number of nitrogens with zero attached hydrogens (tertiary/aromatic N) is 3. The van der Waals surface area contributed by atoms with Crippen molar-refractivity contribution in [1.82, 2.24) is 15.1 Å². The molecule has 14 heteroatoms. The third-order valence-corrected chi connectivity index (χ3v) is 7.76. The molecule has 0 spiro atoms. The van der Waals surface area contributed by atoms with Crippen LogP contribution in [0.2, 0.25) is 0 Å². The van der Waals surface area contributed by atoms with Gasteiger partial charge in [0, 0.05) is 43.9 Å². The van der Waals surface area contributed by atoms with Crippen molar-refractivity contribution in [3.05, 3.63) is 94.2 Å².